The van der Waals surface area contributed by atoms with Crippen LogP contribution in [-0.4, -0.2) is 58.1 Å². The smallest absolute Gasteiger partial charge is 0.407 e. The highest BCUT2D eigenvalue weighted by Gasteiger charge is 2.36. The zero-order valence-electron chi connectivity index (χ0n) is 17.0. The Hall–Kier alpha value is -0.770. The fraction of sp³-hybridized carbons (Fsp3) is 0.895. The third-order valence-corrected chi connectivity index (χ3v) is 5.43. The highest BCUT2D eigenvalue weighted by Crippen LogP contribution is 2.44. The number of guanidine groups is 1. The molecule has 2 fully saturated rings. The molecule has 3 N–H and O–H groups in total. The van der Waals surface area contributed by atoms with Gasteiger partial charge in [-0.25, -0.2) is 4.79 Å². The summed E-state index contributed by atoms with van der Waals surface area (Å²) in [6.45, 7) is 7.38. The molecule has 8 heteroatoms. The predicted octanol–water partition coefficient (Wildman–Crippen LogP) is 2.89. The summed E-state index contributed by atoms with van der Waals surface area (Å²) in [6.07, 6.45) is 6.81. The van der Waals surface area contributed by atoms with E-state index in [9.17, 15) is 4.79 Å². The molecule has 158 valence electrons. The molecule has 2 aliphatic rings. The molecular weight excluding hydrogens is 459 g/mol. The largest absolute Gasteiger partial charge is 0.450 e. The van der Waals surface area contributed by atoms with E-state index in [4.69, 9.17) is 14.5 Å². The number of ether oxygens (including phenoxy) is 2. The molecule has 1 atom stereocenters. The number of amides is 1. The number of methoxy groups -OCH3 is 1. The van der Waals surface area contributed by atoms with Gasteiger partial charge in [-0.3, -0.25) is 4.99 Å². The van der Waals surface area contributed by atoms with Gasteiger partial charge >= 0.3 is 6.09 Å². The van der Waals surface area contributed by atoms with Gasteiger partial charge in [-0.2, -0.15) is 0 Å². The van der Waals surface area contributed by atoms with E-state index >= 15 is 0 Å². The maximum absolute atomic E-state index is 11.7. The van der Waals surface area contributed by atoms with Crippen molar-refractivity contribution in [3.8, 4) is 0 Å². The first-order valence-electron chi connectivity index (χ1n) is 10.1. The van der Waals surface area contributed by atoms with Crippen molar-refractivity contribution in [3.63, 3.8) is 0 Å². The van der Waals surface area contributed by atoms with E-state index in [-0.39, 0.29) is 36.1 Å². The molecule has 0 spiro atoms. The molecule has 2 saturated carbocycles. The molecule has 0 radical (unpaired) electrons. The minimum Gasteiger partial charge on any atom is -0.450 e. The van der Waals surface area contributed by atoms with Crippen LogP contribution in [0.25, 0.3) is 0 Å². The van der Waals surface area contributed by atoms with Crippen molar-refractivity contribution in [1.82, 2.24) is 16.0 Å². The summed E-state index contributed by atoms with van der Waals surface area (Å²) in [6, 6.07) is 0.0871. The second kappa shape index (κ2) is 12.6. The van der Waals surface area contributed by atoms with Gasteiger partial charge in [-0.05, 0) is 57.3 Å². The number of nitrogens with one attached hydrogen (secondary N) is 3. The monoisotopic (exact) mass is 496 g/mol. The van der Waals surface area contributed by atoms with Gasteiger partial charge in [-0.15, -0.1) is 24.0 Å². The number of hydrogen-bond acceptors (Lipinski definition) is 4. The third kappa shape index (κ3) is 8.41. The fourth-order valence-electron chi connectivity index (χ4n) is 3.44. The minimum absolute atomic E-state index is 0. The lowest BCUT2D eigenvalue weighted by Crippen LogP contribution is -2.48. The van der Waals surface area contributed by atoms with Gasteiger partial charge in [0.1, 0.15) is 0 Å². The van der Waals surface area contributed by atoms with Crippen LogP contribution < -0.4 is 16.0 Å². The first kappa shape index (κ1) is 24.3. The van der Waals surface area contributed by atoms with Crippen LogP contribution in [0, 0.1) is 11.3 Å². The molecule has 0 aromatic rings. The Morgan fingerprint density at radius 2 is 2.00 bits per heavy atom. The Balaban J connectivity index is 0.00000364. The van der Waals surface area contributed by atoms with Crippen LogP contribution in [0.2, 0.25) is 0 Å². The molecule has 0 bridgehead atoms. The van der Waals surface area contributed by atoms with Crippen LogP contribution in [0.3, 0.4) is 0 Å². The highest BCUT2D eigenvalue weighted by molar-refractivity contribution is 14.0. The van der Waals surface area contributed by atoms with Crippen LogP contribution in [-0.2, 0) is 9.47 Å². The van der Waals surface area contributed by atoms with Crippen LogP contribution in [0.4, 0.5) is 4.79 Å². The van der Waals surface area contributed by atoms with Crippen molar-refractivity contribution in [1.29, 1.82) is 0 Å². The Morgan fingerprint density at radius 3 is 2.52 bits per heavy atom. The summed E-state index contributed by atoms with van der Waals surface area (Å²) in [5.74, 6) is 1.36. The molecule has 0 aliphatic heterocycles. The van der Waals surface area contributed by atoms with E-state index in [1.54, 1.807) is 7.11 Å². The lowest BCUT2D eigenvalue weighted by atomic mass is 9.67. The number of carbonyl (C=O) groups is 1. The van der Waals surface area contributed by atoms with Gasteiger partial charge in [0.05, 0.1) is 12.6 Å². The second-order valence-electron chi connectivity index (χ2n) is 7.48. The third-order valence-electron chi connectivity index (χ3n) is 5.43. The minimum atomic E-state index is -0.332. The maximum atomic E-state index is 11.7. The molecule has 7 nitrogen and oxygen atoms in total. The molecule has 0 saturated heterocycles. The number of rotatable bonds is 11. The highest BCUT2D eigenvalue weighted by atomic mass is 127. The summed E-state index contributed by atoms with van der Waals surface area (Å²) in [4.78, 5) is 16.6. The van der Waals surface area contributed by atoms with Crippen molar-refractivity contribution >= 4 is 36.0 Å². The molecule has 1 amide bonds. The number of alkyl carbamates (subject to hydrolysis) is 1. The first-order valence-corrected chi connectivity index (χ1v) is 10.1. The van der Waals surface area contributed by atoms with Gasteiger partial charge in [0.2, 0.25) is 0 Å². The summed E-state index contributed by atoms with van der Waals surface area (Å²) < 4.78 is 10.3. The van der Waals surface area contributed by atoms with Crippen LogP contribution in [0.5, 0.6) is 0 Å². The van der Waals surface area contributed by atoms with Gasteiger partial charge in [-0.1, -0.05) is 6.42 Å². The second-order valence-corrected chi connectivity index (χ2v) is 7.48. The number of hydrogen-bond donors (Lipinski definition) is 3. The Morgan fingerprint density at radius 1 is 1.26 bits per heavy atom. The standard InChI is InChI=1S/C19H36N4O3.HI/c1-4-20-17(22-14-19(9-6-10-19)11-12-25-3)21-13-16(15-7-8-15)23-18(24)26-5-2;/h15-16H,4-14H2,1-3H3,(H,23,24)(H2,20,21,22);1H. The van der Waals surface area contributed by atoms with Crippen LogP contribution in [0.15, 0.2) is 4.99 Å². The average Bonchev–Trinajstić information content (AvgIpc) is 3.42. The quantitative estimate of drug-likeness (QED) is 0.233. The van der Waals surface area contributed by atoms with E-state index in [1.807, 2.05) is 6.92 Å². The van der Waals surface area contributed by atoms with Gasteiger partial charge in [0.25, 0.3) is 0 Å². The van der Waals surface area contributed by atoms with Crippen molar-refractivity contribution in [2.45, 2.75) is 58.4 Å². The number of aliphatic imine (C=N–C) groups is 1. The van der Waals surface area contributed by atoms with Crippen molar-refractivity contribution in [2.24, 2.45) is 16.3 Å². The predicted molar refractivity (Wildman–Crippen MR) is 119 cm³/mol. The summed E-state index contributed by atoms with van der Waals surface area (Å²) in [5, 5.41) is 9.70. The van der Waals surface area contributed by atoms with Crippen LogP contribution >= 0.6 is 24.0 Å². The lowest BCUT2D eigenvalue weighted by Gasteiger charge is -2.40. The lowest BCUT2D eigenvalue weighted by molar-refractivity contribution is 0.0778. The van der Waals surface area contributed by atoms with Crippen molar-refractivity contribution in [2.75, 3.05) is 40.0 Å². The molecule has 2 aliphatic carbocycles. The van der Waals surface area contributed by atoms with E-state index in [0.717, 1.165) is 44.9 Å². The van der Waals surface area contributed by atoms with Gasteiger partial charge in [0.15, 0.2) is 5.96 Å². The van der Waals surface area contributed by atoms with Gasteiger partial charge < -0.3 is 25.4 Å². The molecular formula is C19H37IN4O3. The molecule has 0 aromatic carbocycles. The zero-order valence-corrected chi connectivity index (χ0v) is 19.3. The number of nitrogens with zero attached hydrogens (tertiary/aromatic N) is 1. The Labute approximate surface area is 180 Å². The van der Waals surface area contributed by atoms with E-state index < -0.39 is 0 Å². The maximum Gasteiger partial charge on any atom is 0.407 e. The van der Waals surface area contributed by atoms with Crippen molar-refractivity contribution in [3.05, 3.63) is 0 Å². The normalized spacial score (nSPS) is 19.3. The molecule has 2 rings (SSSR count). The van der Waals surface area contributed by atoms with E-state index in [2.05, 4.69) is 22.9 Å². The molecule has 0 heterocycles. The average molecular weight is 496 g/mol. The van der Waals surface area contributed by atoms with E-state index in [1.165, 1.54) is 19.3 Å². The topological polar surface area (TPSA) is 84.0 Å². The summed E-state index contributed by atoms with van der Waals surface area (Å²) >= 11 is 0. The molecule has 27 heavy (non-hydrogen) atoms. The van der Waals surface area contributed by atoms with Crippen LogP contribution in [0.1, 0.15) is 52.4 Å². The molecule has 1 unspecified atom stereocenters. The number of carbonyl (C=O) groups excluding carboxylic acids is 1. The molecule has 0 aromatic heterocycles. The Kier molecular flexibility index (Phi) is 11.4. The van der Waals surface area contributed by atoms with Gasteiger partial charge in [0, 0.05) is 33.4 Å². The fourth-order valence-corrected chi connectivity index (χ4v) is 3.44. The zero-order chi connectivity index (χ0) is 18.8. The van der Waals surface area contributed by atoms with E-state index in [0.29, 0.717) is 24.5 Å². The number of halogens is 1. The summed E-state index contributed by atoms with van der Waals surface area (Å²) in [7, 11) is 1.76. The SMILES string of the molecule is CCNC(=NCC1(CCOC)CCC1)NCC(NC(=O)OCC)C1CC1.I. The Bertz CT molecular complexity index is 468. The summed E-state index contributed by atoms with van der Waals surface area (Å²) in [5.41, 5.74) is 0.303. The van der Waals surface area contributed by atoms with Crippen molar-refractivity contribution < 1.29 is 14.3 Å². The first-order chi connectivity index (χ1) is 12.6.